The maximum Gasteiger partial charge on any atom is 0.147 e. The molecular weight excluding hydrogens is 306 g/mol. The number of aromatic nitrogens is 4. The summed E-state index contributed by atoms with van der Waals surface area (Å²) in [5.41, 5.74) is 8.83. The fourth-order valence-electron chi connectivity index (χ4n) is 1.92. The second-order valence-electron chi connectivity index (χ2n) is 4.25. The lowest BCUT2D eigenvalue weighted by Crippen LogP contribution is -1.97. The third-order valence-corrected chi connectivity index (χ3v) is 3.40. The lowest BCUT2D eigenvalue weighted by Gasteiger charge is -2.04. The van der Waals surface area contributed by atoms with Gasteiger partial charge in [-0.25, -0.2) is 4.68 Å². The van der Waals surface area contributed by atoms with Crippen LogP contribution in [0.1, 0.15) is 0 Å². The molecule has 96 valence electrons. The van der Waals surface area contributed by atoms with E-state index in [0.717, 1.165) is 21.4 Å². The van der Waals surface area contributed by atoms with E-state index in [1.54, 1.807) is 15.4 Å². The van der Waals surface area contributed by atoms with Gasteiger partial charge in [-0.15, -0.1) is 5.10 Å². The van der Waals surface area contributed by atoms with E-state index in [0.29, 0.717) is 5.82 Å². The molecule has 3 aromatic rings. The van der Waals surface area contributed by atoms with Gasteiger partial charge in [0.25, 0.3) is 0 Å². The Labute approximate surface area is 118 Å². The molecule has 0 radical (unpaired) electrons. The van der Waals surface area contributed by atoms with Gasteiger partial charge in [-0.05, 0) is 33.6 Å². The minimum atomic E-state index is 0.489. The Balaban J connectivity index is 1.97. The third-order valence-electron chi connectivity index (χ3n) is 2.83. The smallest absolute Gasteiger partial charge is 0.147 e. The van der Waals surface area contributed by atoms with Gasteiger partial charge >= 0.3 is 0 Å². The van der Waals surface area contributed by atoms with Crippen molar-refractivity contribution in [1.82, 2.24) is 19.6 Å². The number of anilines is 1. The van der Waals surface area contributed by atoms with Gasteiger partial charge in [-0.2, -0.15) is 5.10 Å². The SMILES string of the molecule is Cn1cc(-c2ccc(-n3nc(N)cc3Br)cc2)cn1. The van der Waals surface area contributed by atoms with Crippen LogP contribution in [0.3, 0.4) is 0 Å². The Morgan fingerprint density at radius 3 is 2.42 bits per heavy atom. The number of nitrogens with zero attached hydrogens (tertiary/aromatic N) is 4. The second-order valence-corrected chi connectivity index (χ2v) is 5.07. The Kier molecular flexibility index (Phi) is 2.87. The minimum Gasteiger partial charge on any atom is -0.382 e. The number of rotatable bonds is 2. The molecule has 0 aliphatic rings. The Hall–Kier alpha value is -2.08. The number of nitrogen functional groups attached to an aromatic ring is 1. The van der Waals surface area contributed by atoms with Gasteiger partial charge in [0.15, 0.2) is 0 Å². The summed E-state index contributed by atoms with van der Waals surface area (Å²) < 4.78 is 4.37. The molecule has 6 heteroatoms. The van der Waals surface area contributed by atoms with Crippen molar-refractivity contribution in [1.29, 1.82) is 0 Å². The van der Waals surface area contributed by atoms with Gasteiger partial charge < -0.3 is 5.73 Å². The summed E-state index contributed by atoms with van der Waals surface area (Å²) in [4.78, 5) is 0. The number of benzene rings is 1. The number of nitrogens with two attached hydrogens (primary N) is 1. The number of hydrogen-bond acceptors (Lipinski definition) is 3. The van der Waals surface area contributed by atoms with E-state index in [4.69, 9.17) is 5.73 Å². The molecule has 3 rings (SSSR count). The zero-order chi connectivity index (χ0) is 13.4. The van der Waals surface area contributed by atoms with E-state index in [1.807, 2.05) is 43.7 Å². The summed E-state index contributed by atoms with van der Waals surface area (Å²) in [7, 11) is 1.90. The lowest BCUT2D eigenvalue weighted by atomic mass is 10.1. The van der Waals surface area contributed by atoms with Crippen LogP contribution in [-0.4, -0.2) is 19.6 Å². The van der Waals surface area contributed by atoms with Crippen LogP contribution in [-0.2, 0) is 7.05 Å². The van der Waals surface area contributed by atoms with Crippen LogP contribution >= 0.6 is 15.9 Å². The Bertz CT molecular complexity index is 711. The Morgan fingerprint density at radius 2 is 1.89 bits per heavy atom. The van der Waals surface area contributed by atoms with E-state index < -0.39 is 0 Å². The first kappa shape index (κ1) is 12.0. The van der Waals surface area contributed by atoms with E-state index in [2.05, 4.69) is 26.1 Å². The summed E-state index contributed by atoms with van der Waals surface area (Å²) in [5, 5.41) is 8.38. The van der Waals surface area contributed by atoms with E-state index in [1.165, 1.54) is 0 Å². The molecule has 2 N–H and O–H groups in total. The molecule has 0 unspecified atom stereocenters. The lowest BCUT2D eigenvalue weighted by molar-refractivity contribution is 0.768. The van der Waals surface area contributed by atoms with Crippen LogP contribution < -0.4 is 5.73 Å². The van der Waals surface area contributed by atoms with Crippen LogP contribution in [0, 0.1) is 0 Å². The highest BCUT2D eigenvalue weighted by Gasteiger charge is 2.06. The number of halogens is 1. The van der Waals surface area contributed by atoms with E-state index in [9.17, 15) is 0 Å². The van der Waals surface area contributed by atoms with Gasteiger partial charge in [0, 0.05) is 24.9 Å². The largest absolute Gasteiger partial charge is 0.382 e. The number of aryl methyl sites for hydroxylation is 1. The molecule has 2 aromatic heterocycles. The predicted molar refractivity (Wildman–Crippen MR) is 77.9 cm³/mol. The highest BCUT2D eigenvalue weighted by Crippen LogP contribution is 2.23. The minimum absolute atomic E-state index is 0.489. The summed E-state index contributed by atoms with van der Waals surface area (Å²) in [6, 6.07) is 9.85. The molecule has 0 amide bonds. The normalized spacial score (nSPS) is 10.8. The molecule has 19 heavy (non-hydrogen) atoms. The molecule has 0 bridgehead atoms. The van der Waals surface area contributed by atoms with Crippen molar-refractivity contribution in [3.8, 4) is 16.8 Å². The third kappa shape index (κ3) is 2.26. The molecule has 0 atom stereocenters. The van der Waals surface area contributed by atoms with Crippen molar-refractivity contribution in [2.24, 2.45) is 7.05 Å². The molecule has 2 heterocycles. The molecular formula is C13H12BrN5. The van der Waals surface area contributed by atoms with Crippen molar-refractivity contribution in [3.05, 3.63) is 47.3 Å². The van der Waals surface area contributed by atoms with Crippen LogP contribution in [0.15, 0.2) is 47.3 Å². The first-order chi connectivity index (χ1) is 9.13. The van der Waals surface area contributed by atoms with E-state index in [-0.39, 0.29) is 0 Å². The monoisotopic (exact) mass is 317 g/mol. The molecule has 0 fully saturated rings. The summed E-state index contributed by atoms with van der Waals surface area (Å²) >= 11 is 3.43. The van der Waals surface area contributed by atoms with Crippen molar-refractivity contribution in [3.63, 3.8) is 0 Å². The summed E-state index contributed by atoms with van der Waals surface area (Å²) in [6.07, 6.45) is 3.83. The fraction of sp³-hybridized carbons (Fsp3) is 0.0769. The van der Waals surface area contributed by atoms with Crippen molar-refractivity contribution in [2.75, 3.05) is 5.73 Å². The molecule has 0 saturated heterocycles. The molecule has 0 aliphatic heterocycles. The second kappa shape index (κ2) is 4.55. The van der Waals surface area contributed by atoms with Gasteiger partial charge in [-0.1, -0.05) is 12.1 Å². The first-order valence-electron chi connectivity index (χ1n) is 5.74. The van der Waals surface area contributed by atoms with E-state index >= 15 is 0 Å². The zero-order valence-electron chi connectivity index (χ0n) is 10.3. The average Bonchev–Trinajstić information content (AvgIpc) is 2.96. The topological polar surface area (TPSA) is 61.7 Å². The van der Waals surface area contributed by atoms with Crippen LogP contribution in [0.5, 0.6) is 0 Å². The van der Waals surface area contributed by atoms with Crippen LogP contribution in [0.2, 0.25) is 0 Å². The maximum absolute atomic E-state index is 5.67. The molecule has 0 saturated carbocycles. The summed E-state index contributed by atoms with van der Waals surface area (Å²) in [6.45, 7) is 0. The van der Waals surface area contributed by atoms with Crippen molar-refractivity contribution >= 4 is 21.7 Å². The van der Waals surface area contributed by atoms with Crippen molar-refractivity contribution in [2.45, 2.75) is 0 Å². The van der Waals surface area contributed by atoms with Crippen LogP contribution in [0.4, 0.5) is 5.82 Å². The maximum atomic E-state index is 5.67. The van der Waals surface area contributed by atoms with Crippen LogP contribution in [0.25, 0.3) is 16.8 Å². The molecule has 5 nitrogen and oxygen atoms in total. The highest BCUT2D eigenvalue weighted by atomic mass is 79.9. The van der Waals surface area contributed by atoms with Gasteiger partial charge in [0.2, 0.25) is 0 Å². The predicted octanol–water partition coefficient (Wildman–Crippen LogP) is 2.62. The first-order valence-corrected chi connectivity index (χ1v) is 6.53. The molecule has 0 spiro atoms. The van der Waals surface area contributed by atoms with Gasteiger partial charge in [0.1, 0.15) is 10.4 Å². The fourth-order valence-corrected chi connectivity index (χ4v) is 2.44. The summed E-state index contributed by atoms with van der Waals surface area (Å²) in [5.74, 6) is 0.489. The average molecular weight is 318 g/mol. The number of hydrogen-bond donors (Lipinski definition) is 1. The zero-order valence-corrected chi connectivity index (χ0v) is 11.9. The van der Waals surface area contributed by atoms with Crippen molar-refractivity contribution < 1.29 is 0 Å². The Morgan fingerprint density at radius 1 is 1.16 bits per heavy atom. The standard InChI is InChI=1S/C13H12BrN5/c1-18-8-10(7-16-18)9-2-4-11(5-3-9)19-12(14)6-13(15)17-19/h2-8H,1H3,(H2,15,17). The highest BCUT2D eigenvalue weighted by molar-refractivity contribution is 9.10. The van der Waals surface area contributed by atoms with Gasteiger partial charge in [0.05, 0.1) is 11.9 Å². The molecule has 1 aromatic carbocycles. The quantitative estimate of drug-likeness (QED) is 0.790. The van der Waals surface area contributed by atoms with Gasteiger partial charge in [-0.3, -0.25) is 4.68 Å². The molecule has 0 aliphatic carbocycles.